The fourth-order valence-corrected chi connectivity index (χ4v) is 1.22. The molecule has 1 aromatic heterocycles. The number of aldehydes is 1. The number of hydrogen-bond donors (Lipinski definition) is 0. The van der Waals surface area contributed by atoms with Crippen LogP contribution in [-0.4, -0.2) is 16.2 Å². The third-order valence-corrected chi connectivity index (χ3v) is 1.86. The second-order valence-corrected chi connectivity index (χ2v) is 2.84. The highest BCUT2D eigenvalue weighted by molar-refractivity contribution is 6.32. The van der Waals surface area contributed by atoms with Crippen molar-refractivity contribution < 1.29 is 18.5 Å². The molecule has 1 aromatic rings. The van der Waals surface area contributed by atoms with E-state index in [9.17, 15) is 23.7 Å². The number of aromatic nitrogens is 1. The molecule has 0 aromatic carbocycles. The van der Waals surface area contributed by atoms with E-state index < -0.39 is 33.3 Å². The van der Waals surface area contributed by atoms with Crippen LogP contribution in [0.1, 0.15) is 22.5 Å². The molecule has 0 unspecified atom stereocenters. The summed E-state index contributed by atoms with van der Waals surface area (Å²) >= 11 is 5.34. The first kappa shape index (κ1) is 11.4. The molecule has 0 saturated heterocycles. The molecule has 0 aliphatic heterocycles. The van der Waals surface area contributed by atoms with Gasteiger partial charge in [-0.15, -0.1) is 0 Å². The predicted molar refractivity (Wildman–Crippen MR) is 46.2 cm³/mol. The van der Waals surface area contributed by atoms with Gasteiger partial charge in [0.15, 0.2) is 6.29 Å². The first-order valence-electron chi connectivity index (χ1n) is 3.55. The van der Waals surface area contributed by atoms with Crippen molar-refractivity contribution in [1.82, 2.24) is 4.98 Å². The van der Waals surface area contributed by atoms with E-state index in [-0.39, 0.29) is 6.29 Å². The quantitative estimate of drug-likeness (QED) is 0.459. The second-order valence-electron chi connectivity index (χ2n) is 2.43. The first-order chi connectivity index (χ1) is 6.99. The highest BCUT2D eigenvalue weighted by Crippen LogP contribution is 2.35. The van der Waals surface area contributed by atoms with Gasteiger partial charge in [-0.1, -0.05) is 11.6 Å². The van der Waals surface area contributed by atoms with E-state index in [2.05, 4.69) is 4.98 Å². The maximum absolute atomic E-state index is 12.5. The molecule has 0 aliphatic rings. The van der Waals surface area contributed by atoms with Crippen molar-refractivity contribution >= 4 is 23.6 Å². The van der Waals surface area contributed by atoms with Crippen LogP contribution in [0, 0.1) is 10.1 Å². The maximum Gasteiger partial charge on any atom is 0.300 e. The van der Waals surface area contributed by atoms with Crippen LogP contribution < -0.4 is 0 Å². The Morgan fingerprint density at radius 1 is 1.60 bits per heavy atom. The SMILES string of the molecule is O=Cc1ncc(Cl)c([N+](=O)[O-])c1C(F)F. The lowest BCUT2D eigenvalue weighted by Gasteiger charge is -2.04. The minimum atomic E-state index is -3.18. The molecule has 1 heterocycles. The van der Waals surface area contributed by atoms with E-state index in [0.29, 0.717) is 0 Å². The number of nitro groups is 1. The zero-order valence-corrected chi connectivity index (χ0v) is 7.74. The average molecular weight is 237 g/mol. The lowest BCUT2D eigenvalue weighted by molar-refractivity contribution is -0.386. The van der Waals surface area contributed by atoms with Gasteiger partial charge < -0.3 is 0 Å². The van der Waals surface area contributed by atoms with Gasteiger partial charge in [-0.3, -0.25) is 19.9 Å². The van der Waals surface area contributed by atoms with Crippen LogP contribution >= 0.6 is 11.6 Å². The second kappa shape index (κ2) is 4.26. The van der Waals surface area contributed by atoms with Crippen LogP contribution in [0.3, 0.4) is 0 Å². The van der Waals surface area contributed by atoms with E-state index in [4.69, 9.17) is 11.6 Å². The number of nitrogens with zero attached hydrogens (tertiary/aromatic N) is 2. The zero-order chi connectivity index (χ0) is 11.6. The summed E-state index contributed by atoms with van der Waals surface area (Å²) in [5.74, 6) is 0. The number of carbonyl (C=O) groups excluding carboxylic acids is 1. The van der Waals surface area contributed by atoms with Gasteiger partial charge in [-0.05, 0) is 0 Å². The highest BCUT2D eigenvalue weighted by Gasteiger charge is 2.29. The van der Waals surface area contributed by atoms with Gasteiger partial charge >= 0.3 is 5.69 Å². The number of hydrogen-bond acceptors (Lipinski definition) is 4. The third kappa shape index (κ3) is 2.07. The Labute approximate surface area is 86.8 Å². The summed E-state index contributed by atoms with van der Waals surface area (Å²) in [6.45, 7) is 0. The summed E-state index contributed by atoms with van der Waals surface area (Å²) in [7, 11) is 0. The van der Waals surface area contributed by atoms with Crippen molar-refractivity contribution in [1.29, 1.82) is 0 Å². The van der Waals surface area contributed by atoms with E-state index >= 15 is 0 Å². The zero-order valence-electron chi connectivity index (χ0n) is 6.99. The summed E-state index contributed by atoms with van der Waals surface area (Å²) in [5, 5.41) is 9.93. The lowest BCUT2D eigenvalue weighted by Crippen LogP contribution is -2.03. The van der Waals surface area contributed by atoms with Crippen LogP contribution in [-0.2, 0) is 0 Å². The molecule has 0 radical (unpaired) electrons. The van der Waals surface area contributed by atoms with Gasteiger partial charge in [0.2, 0.25) is 0 Å². The number of rotatable bonds is 3. The van der Waals surface area contributed by atoms with Gasteiger partial charge in [0.25, 0.3) is 6.43 Å². The fourth-order valence-electron chi connectivity index (χ4n) is 1.00. The average Bonchev–Trinajstić information content (AvgIpc) is 2.16. The lowest BCUT2D eigenvalue weighted by atomic mass is 10.1. The van der Waals surface area contributed by atoms with Crippen molar-refractivity contribution in [2.45, 2.75) is 6.43 Å². The summed E-state index contributed by atoms with van der Waals surface area (Å²) in [4.78, 5) is 23.0. The van der Waals surface area contributed by atoms with E-state index in [0.717, 1.165) is 6.20 Å². The topological polar surface area (TPSA) is 73.1 Å². The van der Waals surface area contributed by atoms with Crippen LogP contribution in [0.25, 0.3) is 0 Å². The van der Waals surface area contributed by atoms with Crippen LogP contribution in [0.15, 0.2) is 6.20 Å². The standard InChI is InChI=1S/C7H3ClF2N2O3/c8-3-1-11-4(2-13)5(7(9)10)6(3)12(14)15/h1-2,7H. The summed E-state index contributed by atoms with van der Waals surface area (Å²) in [5.41, 5.74) is -2.72. The molecule has 0 amide bonds. The van der Waals surface area contributed by atoms with Crippen molar-refractivity contribution in [3.05, 3.63) is 32.6 Å². The number of carbonyl (C=O) groups is 1. The van der Waals surface area contributed by atoms with Crippen LogP contribution in [0.2, 0.25) is 5.02 Å². The molecule has 0 saturated carbocycles. The maximum atomic E-state index is 12.5. The van der Waals surface area contributed by atoms with Crippen molar-refractivity contribution in [2.75, 3.05) is 0 Å². The number of halogens is 3. The smallest absolute Gasteiger partial charge is 0.296 e. The van der Waals surface area contributed by atoms with Gasteiger partial charge in [0.05, 0.1) is 11.1 Å². The molecule has 0 atom stereocenters. The van der Waals surface area contributed by atoms with Crippen molar-refractivity contribution in [2.24, 2.45) is 0 Å². The molecule has 1 rings (SSSR count). The Balaban J connectivity index is 3.58. The molecule has 0 bridgehead atoms. The number of alkyl halides is 2. The van der Waals surface area contributed by atoms with Crippen molar-refractivity contribution in [3.8, 4) is 0 Å². The van der Waals surface area contributed by atoms with Crippen molar-refractivity contribution in [3.63, 3.8) is 0 Å². The molecule has 8 heteroatoms. The molecule has 0 spiro atoms. The van der Waals surface area contributed by atoms with Crippen LogP contribution in [0.4, 0.5) is 14.5 Å². The van der Waals surface area contributed by atoms with E-state index in [1.807, 2.05) is 0 Å². The highest BCUT2D eigenvalue weighted by atomic mass is 35.5. The molecule has 15 heavy (non-hydrogen) atoms. The molecular formula is C7H3ClF2N2O3. The van der Waals surface area contributed by atoms with E-state index in [1.165, 1.54) is 0 Å². The Morgan fingerprint density at radius 3 is 2.60 bits per heavy atom. The fraction of sp³-hybridized carbons (Fsp3) is 0.143. The normalized spacial score (nSPS) is 10.4. The molecular weight excluding hydrogens is 234 g/mol. The number of pyridine rings is 1. The Kier molecular flexibility index (Phi) is 3.25. The minimum absolute atomic E-state index is 0.0187. The van der Waals surface area contributed by atoms with Gasteiger partial charge in [-0.2, -0.15) is 0 Å². The predicted octanol–water partition coefficient (Wildman–Crippen LogP) is 2.39. The summed E-state index contributed by atoms with van der Waals surface area (Å²) < 4.78 is 24.9. The first-order valence-corrected chi connectivity index (χ1v) is 3.93. The van der Waals surface area contributed by atoms with Gasteiger partial charge in [0, 0.05) is 0 Å². The Hall–Kier alpha value is -1.63. The molecule has 0 aliphatic carbocycles. The van der Waals surface area contributed by atoms with Gasteiger partial charge in [-0.25, -0.2) is 8.78 Å². The molecule has 80 valence electrons. The third-order valence-electron chi connectivity index (χ3n) is 1.59. The largest absolute Gasteiger partial charge is 0.300 e. The van der Waals surface area contributed by atoms with Gasteiger partial charge in [0.1, 0.15) is 16.3 Å². The summed E-state index contributed by atoms with van der Waals surface area (Å²) in [6.07, 6.45) is -2.38. The molecule has 5 nitrogen and oxygen atoms in total. The van der Waals surface area contributed by atoms with Crippen LogP contribution in [0.5, 0.6) is 0 Å². The molecule has 0 N–H and O–H groups in total. The monoisotopic (exact) mass is 236 g/mol. The Bertz CT molecular complexity index is 425. The molecule has 0 fully saturated rings. The Morgan fingerprint density at radius 2 is 2.20 bits per heavy atom. The van der Waals surface area contributed by atoms with E-state index in [1.54, 1.807) is 0 Å². The summed E-state index contributed by atoms with van der Waals surface area (Å²) in [6, 6.07) is 0. The minimum Gasteiger partial charge on any atom is -0.296 e.